The van der Waals surface area contributed by atoms with E-state index in [1.54, 1.807) is 0 Å². The Labute approximate surface area is 387 Å². The predicted molar refractivity (Wildman–Crippen MR) is 270 cm³/mol. The average Bonchev–Trinajstić information content (AvgIpc) is 3.29. The van der Waals surface area contributed by atoms with Crippen LogP contribution in [-0.4, -0.2) is 51.5 Å². The summed E-state index contributed by atoms with van der Waals surface area (Å²) >= 11 is 0. The van der Waals surface area contributed by atoms with E-state index in [0.717, 1.165) is 135 Å². The minimum absolute atomic E-state index is 0.0341. The Balaban J connectivity index is 5.40. The highest BCUT2D eigenvalue weighted by Crippen LogP contribution is 2.35. The van der Waals surface area contributed by atoms with E-state index in [9.17, 15) is 29.7 Å². The van der Waals surface area contributed by atoms with Gasteiger partial charge in [-0.1, -0.05) is 189 Å². The molecule has 3 N–H and O–H groups in total. The van der Waals surface area contributed by atoms with Crippen LogP contribution in [0.3, 0.4) is 0 Å². The number of rotatable bonds is 46. The molecule has 0 spiro atoms. The molecular weight excluding hydrogens is 781 g/mol. The molecule has 0 saturated heterocycles. The molecule has 0 aromatic carbocycles. The number of carbonyl (C=O) groups is 3. The van der Waals surface area contributed by atoms with Gasteiger partial charge in [0.2, 0.25) is 0 Å². The lowest BCUT2D eigenvalue weighted by Crippen LogP contribution is -2.54. The highest BCUT2D eigenvalue weighted by atomic mass is 16.4. The van der Waals surface area contributed by atoms with Crippen molar-refractivity contribution < 1.29 is 29.7 Å². The number of carbonyl (C=O) groups excluding carboxylic acids is 3. The maximum Gasteiger partial charge on any atom is 0.184 e. The number of unbranched alkanes of at least 4 members (excludes halogenated alkanes) is 20. The topological polar surface area (TPSA) is 112 Å². The van der Waals surface area contributed by atoms with Crippen LogP contribution in [-0.2, 0) is 14.4 Å². The Morgan fingerprint density at radius 3 is 1.10 bits per heavy atom. The summed E-state index contributed by atoms with van der Waals surface area (Å²) in [5, 5.41) is 31.0. The van der Waals surface area contributed by atoms with E-state index in [2.05, 4.69) is 106 Å². The van der Waals surface area contributed by atoms with Gasteiger partial charge in [-0.2, -0.15) is 0 Å². The highest BCUT2D eigenvalue weighted by molar-refractivity contribution is 6.25. The monoisotopic (exact) mass is 877 g/mol. The van der Waals surface area contributed by atoms with Gasteiger partial charge in [0, 0.05) is 12.8 Å². The van der Waals surface area contributed by atoms with Crippen LogP contribution in [0.1, 0.15) is 233 Å². The average molecular weight is 877 g/mol. The van der Waals surface area contributed by atoms with Crippen LogP contribution >= 0.6 is 0 Å². The fourth-order valence-corrected chi connectivity index (χ4v) is 7.81. The zero-order valence-electron chi connectivity index (χ0n) is 40.8. The first-order chi connectivity index (χ1) is 30.8. The van der Waals surface area contributed by atoms with Crippen molar-refractivity contribution in [2.75, 3.05) is 6.61 Å². The second-order valence-corrected chi connectivity index (χ2v) is 17.5. The van der Waals surface area contributed by atoms with Crippen LogP contribution in [0.2, 0.25) is 0 Å². The zero-order chi connectivity index (χ0) is 46.3. The van der Waals surface area contributed by atoms with Crippen molar-refractivity contribution in [3.05, 3.63) is 85.1 Å². The van der Waals surface area contributed by atoms with Crippen molar-refractivity contribution in [1.82, 2.24) is 0 Å². The van der Waals surface area contributed by atoms with Crippen LogP contribution in [0.25, 0.3) is 0 Å². The second kappa shape index (κ2) is 45.6. The molecular formula is C57H96O6. The Morgan fingerprint density at radius 1 is 0.413 bits per heavy atom. The molecule has 0 saturated carbocycles. The van der Waals surface area contributed by atoms with Crippen LogP contribution in [0, 0.1) is 5.41 Å². The van der Waals surface area contributed by atoms with Crippen molar-refractivity contribution >= 4 is 17.3 Å². The first kappa shape index (κ1) is 60.1. The van der Waals surface area contributed by atoms with E-state index in [1.165, 1.54) is 38.5 Å². The minimum atomic E-state index is -2.00. The Bertz CT molecular complexity index is 1240. The molecule has 0 amide bonds. The van der Waals surface area contributed by atoms with Gasteiger partial charge in [0.1, 0.15) is 17.6 Å². The molecule has 0 heterocycles. The van der Waals surface area contributed by atoms with Crippen molar-refractivity contribution in [3.63, 3.8) is 0 Å². The third-order valence-electron chi connectivity index (χ3n) is 11.9. The van der Waals surface area contributed by atoms with Gasteiger partial charge in [0.25, 0.3) is 0 Å². The molecule has 0 aliphatic rings. The highest BCUT2D eigenvalue weighted by Gasteiger charge is 2.53. The molecule has 0 radical (unpaired) electrons. The molecule has 63 heavy (non-hydrogen) atoms. The third-order valence-corrected chi connectivity index (χ3v) is 11.9. The van der Waals surface area contributed by atoms with Crippen molar-refractivity contribution in [2.24, 2.45) is 5.41 Å². The molecule has 0 fully saturated rings. The number of aliphatic hydroxyl groups is 3. The van der Waals surface area contributed by atoms with Crippen LogP contribution in [0.5, 0.6) is 0 Å². The summed E-state index contributed by atoms with van der Waals surface area (Å²) in [4.78, 5) is 42.7. The molecule has 2 atom stereocenters. The van der Waals surface area contributed by atoms with E-state index in [1.807, 2.05) is 0 Å². The molecule has 0 aliphatic heterocycles. The van der Waals surface area contributed by atoms with E-state index in [4.69, 9.17) is 0 Å². The van der Waals surface area contributed by atoms with Gasteiger partial charge < -0.3 is 15.3 Å². The fourth-order valence-electron chi connectivity index (χ4n) is 7.81. The van der Waals surface area contributed by atoms with Gasteiger partial charge in [-0.3, -0.25) is 14.4 Å². The Hall–Kier alpha value is -2.93. The number of hydrogen-bond donors (Lipinski definition) is 3. The second-order valence-electron chi connectivity index (χ2n) is 17.5. The van der Waals surface area contributed by atoms with Gasteiger partial charge >= 0.3 is 0 Å². The summed E-state index contributed by atoms with van der Waals surface area (Å²) in [5.41, 5.74) is -2.00. The lowest BCUT2D eigenvalue weighted by atomic mass is 9.67. The van der Waals surface area contributed by atoms with Gasteiger partial charge in [-0.25, -0.2) is 0 Å². The van der Waals surface area contributed by atoms with Gasteiger partial charge in [0.15, 0.2) is 17.3 Å². The maximum absolute atomic E-state index is 14.3. The molecule has 360 valence electrons. The molecule has 0 aliphatic carbocycles. The molecule has 0 aromatic heterocycles. The van der Waals surface area contributed by atoms with Gasteiger partial charge in [-0.15, -0.1) is 0 Å². The number of aliphatic hydroxyl groups excluding tert-OH is 3. The number of hydrogen-bond acceptors (Lipinski definition) is 6. The smallest absolute Gasteiger partial charge is 0.184 e. The Kier molecular flexibility index (Phi) is 43.5. The van der Waals surface area contributed by atoms with Crippen LogP contribution in [0.15, 0.2) is 85.1 Å². The molecule has 0 aromatic rings. The molecule has 6 nitrogen and oxygen atoms in total. The largest absolute Gasteiger partial charge is 0.394 e. The fraction of sp³-hybridized carbons (Fsp3) is 0.702. The summed E-state index contributed by atoms with van der Waals surface area (Å²) in [6.45, 7) is 5.75. The van der Waals surface area contributed by atoms with Crippen molar-refractivity contribution in [3.8, 4) is 0 Å². The van der Waals surface area contributed by atoms with E-state index >= 15 is 0 Å². The molecule has 0 bridgehead atoms. The first-order valence-corrected chi connectivity index (χ1v) is 26.0. The van der Waals surface area contributed by atoms with Crippen molar-refractivity contribution in [1.29, 1.82) is 0 Å². The minimum Gasteiger partial charge on any atom is -0.394 e. The summed E-state index contributed by atoms with van der Waals surface area (Å²) in [7, 11) is 0. The van der Waals surface area contributed by atoms with E-state index in [0.29, 0.717) is 19.3 Å². The summed E-state index contributed by atoms with van der Waals surface area (Å²) in [5.74, 6) is -1.81. The number of allylic oxidation sites excluding steroid dienone is 14. The van der Waals surface area contributed by atoms with Crippen molar-refractivity contribution in [2.45, 2.75) is 245 Å². The van der Waals surface area contributed by atoms with E-state index < -0.39 is 41.6 Å². The predicted octanol–water partition coefficient (Wildman–Crippen LogP) is 15.2. The molecule has 6 heteroatoms. The Morgan fingerprint density at radius 2 is 0.730 bits per heavy atom. The zero-order valence-corrected chi connectivity index (χ0v) is 40.8. The third kappa shape index (κ3) is 33.2. The molecule has 0 rings (SSSR count). The number of ketones is 3. The van der Waals surface area contributed by atoms with Crippen LogP contribution in [0.4, 0.5) is 0 Å². The standard InChI is InChI=1S/C57H96O6/c1-4-7-10-13-16-19-22-25-28-30-33-36-39-42-45-48-53(60)57(56(63)55(62)52(59)51-58,50-47-44-41-38-35-32-27-24-21-18-15-12-9-6-3)54(61)49-46-43-40-37-34-31-29-26-23-20-17-14-11-8-5-2/h9,12,16-21,25-29,32,52,55,58-59,62H,4-8,10-11,13-15,22-24,30-31,33-51H2,1-3H3/b12-9-,19-16-,20-17-,21-18-,28-25-,29-26-,32-27-. The lowest BCUT2D eigenvalue weighted by Gasteiger charge is -2.33. The SMILES string of the molecule is CC/C=C\C/C=C\C/C=C\CCCCCCC(C(=O)CCCCCCC/C=C\C/C=C\CCCCC)(C(=O)CCCCCCC/C=C\C/C=C\CCCCC)C(=O)C(O)C(O)CO. The van der Waals surface area contributed by atoms with E-state index in [-0.39, 0.29) is 19.3 Å². The maximum atomic E-state index is 14.3. The normalized spacial score (nSPS) is 13.7. The first-order valence-electron chi connectivity index (χ1n) is 26.0. The van der Waals surface area contributed by atoms with Crippen LogP contribution < -0.4 is 0 Å². The molecule has 2 unspecified atom stereocenters. The quantitative estimate of drug-likeness (QED) is 0.0319. The summed E-state index contributed by atoms with van der Waals surface area (Å²) < 4.78 is 0. The summed E-state index contributed by atoms with van der Waals surface area (Å²) in [6.07, 6.45) is 57.3. The lowest BCUT2D eigenvalue weighted by molar-refractivity contribution is -0.158. The van der Waals surface area contributed by atoms with Gasteiger partial charge in [0.05, 0.1) is 6.61 Å². The summed E-state index contributed by atoms with van der Waals surface area (Å²) in [6, 6.07) is 0. The number of Topliss-reactive ketones (excluding diaryl/α,β-unsaturated/α-hetero) is 3. The van der Waals surface area contributed by atoms with Gasteiger partial charge in [-0.05, 0) is 116 Å².